The predicted octanol–water partition coefficient (Wildman–Crippen LogP) is 0.0884. The number of carboxylic acids is 1. The first-order valence-electron chi connectivity index (χ1n) is 5.83. The lowest BCUT2D eigenvalue weighted by atomic mass is 10.2. The lowest BCUT2D eigenvalue weighted by Crippen LogP contribution is -2.38. The van der Waals surface area contributed by atoms with Gasteiger partial charge in [-0.25, -0.2) is 23.0 Å². The van der Waals surface area contributed by atoms with Gasteiger partial charge >= 0.3 is 12.0 Å². The number of aromatic carboxylic acids is 1. The smallest absolute Gasteiger partial charge is 0.356 e. The molecule has 2 heterocycles. The van der Waals surface area contributed by atoms with Crippen molar-refractivity contribution >= 4 is 27.5 Å². The summed E-state index contributed by atoms with van der Waals surface area (Å²) in [5.74, 6) is -1.31. The van der Waals surface area contributed by atoms with Crippen molar-refractivity contribution in [1.29, 1.82) is 0 Å². The summed E-state index contributed by atoms with van der Waals surface area (Å²) in [4.78, 5) is 26.3. The molecular weight excluding hydrogens is 286 g/mol. The molecule has 108 valence electrons. The molecule has 1 aromatic heterocycles. The Labute approximate surface area is 115 Å². The summed E-state index contributed by atoms with van der Waals surface area (Å²) in [5, 5.41) is 13.8. The number of nitrogens with zero attached hydrogens (tertiary/aromatic N) is 1. The molecule has 0 spiro atoms. The lowest BCUT2D eigenvalue weighted by molar-refractivity contribution is 0.0691. The fourth-order valence-electron chi connectivity index (χ4n) is 1.93. The second kappa shape index (κ2) is 5.45. The highest BCUT2D eigenvalue weighted by atomic mass is 32.2. The largest absolute Gasteiger partial charge is 0.476 e. The van der Waals surface area contributed by atoms with Gasteiger partial charge in [-0.1, -0.05) is 0 Å². The first kappa shape index (κ1) is 14.3. The lowest BCUT2D eigenvalue weighted by Gasteiger charge is -2.12. The number of hydrogen-bond donors (Lipinski definition) is 3. The molecule has 1 aliphatic rings. The van der Waals surface area contributed by atoms with Crippen LogP contribution >= 0.6 is 0 Å². The quantitative estimate of drug-likeness (QED) is 0.726. The second-order valence-corrected chi connectivity index (χ2v) is 6.63. The van der Waals surface area contributed by atoms with E-state index in [9.17, 15) is 18.0 Å². The molecule has 1 aromatic rings. The van der Waals surface area contributed by atoms with Crippen molar-refractivity contribution in [2.75, 3.05) is 16.8 Å². The van der Waals surface area contributed by atoms with Crippen molar-refractivity contribution in [2.24, 2.45) is 0 Å². The maximum atomic E-state index is 11.7. The van der Waals surface area contributed by atoms with Crippen LogP contribution in [0.2, 0.25) is 0 Å². The number of nitrogens with one attached hydrogen (secondary N) is 2. The predicted molar refractivity (Wildman–Crippen MR) is 70.4 cm³/mol. The van der Waals surface area contributed by atoms with E-state index in [0.29, 0.717) is 6.42 Å². The van der Waals surface area contributed by atoms with Gasteiger partial charge < -0.3 is 15.7 Å². The van der Waals surface area contributed by atoms with Crippen LogP contribution < -0.4 is 10.6 Å². The SMILES string of the molecule is O=C(Nc1cccnc1C(=O)O)NC1CCS(=O)(=O)C1. The maximum Gasteiger partial charge on any atom is 0.356 e. The minimum atomic E-state index is -3.08. The molecule has 3 N–H and O–H groups in total. The zero-order chi connectivity index (χ0) is 14.8. The number of carboxylic acid groups (broad SMARTS) is 1. The topological polar surface area (TPSA) is 125 Å². The minimum Gasteiger partial charge on any atom is -0.476 e. The fraction of sp³-hybridized carbons (Fsp3) is 0.364. The highest BCUT2D eigenvalue weighted by Gasteiger charge is 2.29. The number of carbonyl (C=O) groups is 2. The number of sulfone groups is 1. The molecular formula is C11H13N3O5S. The van der Waals surface area contributed by atoms with E-state index < -0.39 is 27.9 Å². The van der Waals surface area contributed by atoms with Gasteiger partial charge in [-0.2, -0.15) is 0 Å². The Kier molecular flexibility index (Phi) is 3.89. The van der Waals surface area contributed by atoms with Crippen LogP contribution in [0.5, 0.6) is 0 Å². The Balaban J connectivity index is 2.01. The zero-order valence-corrected chi connectivity index (χ0v) is 11.2. The van der Waals surface area contributed by atoms with E-state index >= 15 is 0 Å². The van der Waals surface area contributed by atoms with Crippen LogP contribution in [0.1, 0.15) is 16.9 Å². The number of carbonyl (C=O) groups excluding carboxylic acids is 1. The summed E-state index contributed by atoms with van der Waals surface area (Å²) in [6, 6.07) is 1.79. The molecule has 0 radical (unpaired) electrons. The van der Waals surface area contributed by atoms with Gasteiger partial charge in [0.05, 0.1) is 17.2 Å². The Morgan fingerprint density at radius 1 is 1.40 bits per heavy atom. The Bertz CT molecular complexity index is 643. The first-order chi connectivity index (χ1) is 9.37. The van der Waals surface area contributed by atoms with Gasteiger partial charge in [0.25, 0.3) is 0 Å². The summed E-state index contributed by atoms with van der Waals surface area (Å²) < 4.78 is 22.5. The molecule has 2 amide bonds. The number of amides is 2. The van der Waals surface area contributed by atoms with E-state index in [1.165, 1.54) is 18.3 Å². The van der Waals surface area contributed by atoms with Crippen LogP contribution in [0.3, 0.4) is 0 Å². The number of pyridine rings is 1. The normalized spacial score (nSPS) is 20.3. The fourth-order valence-corrected chi connectivity index (χ4v) is 3.60. The van der Waals surface area contributed by atoms with Gasteiger partial charge in [0, 0.05) is 12.2 Å². The monoisotopic (exact) mass is 299 g/mol. The summed E-state index contributed by atoms with van der Waals surface area (Å²) in [5.41, 5.74) is -0.222. The number of urea groups is 1. The minimum absolute atomic E-state index is 0.0468. The van der Waals surface area contributed by atoms with Crippen molar-refractivity contribution < 1.29 is 23.1 Å². The van der Waals surface area contributed by atoms with Crippen molar-refractivity contribution in [3.63, 3.8) is 0 Å². The summed E-state index contributed by atoms with van der Waals surface area (Å²) in [6.07, 6.45) is 1.66. The average Bonchev–Trinajstić information content (AvgIpc) is 2.68. The van der Waals surface area contributed by atoms with Crippen LogP contribution in [-0.2, 0) is 9.84 Å². The van der Waals surface area contributed by atoms with Crippen molar-refractivity contribution in [1.82, 2.24) is 10.3 Å². The first-order valence-corrected chi connectivity index (χ1v) is 7.66. The van der Waals surface area contributed by atoms with Crippen LogP contribution in [0.4, 0.5) is 10.5 Å². The van der Waals surface area contributed by atoms with Crippen molar-refractivity contribution in [2.45, 2.75) is 12.5 Å². The van der Waals surface area contributed by atoms with Crippen LogP contribution in [0.25, 0.3) is 0 Å². The Hall–Kier alpha value is -2.16. The highest BCUT2D eigenvalue weighted by molar-refractivity contribution is 7.91. The van der Waals surface area contributed by atoms with E-state index in [-0.39, 0.29) is 22.9 Å². The van der Waals surface area contributed by atoms with Gasteiger partial charge in [0.1, 0.15) is 0 Å². The van der Waals surface area contributed by atoms with Gasteiger partial charge in [0.15, 0.2) is 15.5 Å². The molecule has 1 saturated heterocycles. The molecule has 0 aliphatic carbocycles. The van der Waals surface area contributed by atoms with E-state index in [1.807, 2.05) is 0 Å². The van der Waals surface area contributed by atoms with Gasteiger partial charge in [-0.05, 0) is 18.6 Å². The molecule has 0 saturated carbocycles. The molecule has 1 aliphatic heterocycles. The number of anilines is 1. The summed E-state index contributed by atoms with van der Waals surface area (Å²) in [6.45, 7) is 0. The van der Waals surface area contributed by atoms with Crippen LogP contribution in [0, 0.1) is 0 Å². The van der Waals surface area contributed by atoms with Gasteiger partial charge in [0.2, 0.25) is 0 Å². The second-order valence-electron chi connectivity index (χ2n) is 4.40. The Morgan fingerprint density at radius 3 is 2.75 bits per heavy atom. The average molecular weight is 299 g/mol. The number of hydrogen-bond acceptors (Lipinski definition) is 5. The molecule has 0 aromatic carbocycles. The molecule has 1 unspecified atom stereocenters. The molecule has 8 nitrogen and oxygen atoms in total. The summed E-state index contributed by atoms with van der Waals surface area (Å²) >= 11 is 0. The molecule has 2 rings (SSSR count). The number of rotatable bonds is 3. The molecule has 1 fully saturated rings. The van der Waals surface area contributed by atoms with Crippen molar-refractivity contribution in [3.05, 3.63) is 24.0 Å². The summed E-state index contributed by atoms with van der Waals surface area (Å²) in [7, 11) is -3.08. The molecule has 20 heavy (non-hydrogen) atoms. The van der Waals surface area contributed by atoms with E-state index in [4.69, 9.17) is 5.11 Å². The third-order valence-electron chi connectivity index (χ3n) is 2.83. The Morgan fingerprint density at radius 2 is 2.15 bits per heavy atom. The standard InChI is InChI=1S/C11H13N3O5S/c15-10(16)9-8(2-1-4-12-9)14-11(17)13-7-3-5-20(18,19)6-7/h1-2,4,7H,3,5-6H2,(H,15,16)(H2,13,14,17). The van der Waals surface area contributed by atoms with E-state index in [1.54, 1.807) is 0 Å². The van der Waals surface area contributed by atoms with Crippen LogP contribution in [0.15, 0.2) is 18.3 Å². The molecule has 1 atom stereocenters. The molecule has 9 heteroatoms. The van der Waals surface area contributed by atoms with E-state index in [2.05, 4.69) is 15.6 Å². The number of aromatic nitrogens is 1. The van der Waals surface area contributed by atoms with E-state index in [0.717, 1.165) is 0 Å². The zero-order valence-electron chi connectivity index (χ0n) is 10.4. The third-order valence-corrected chi connectivity index (χ3v) is 4.59. The molecule has 0 bridgehead atoms. The maximum absolute atomic E-state index is 11.7. The van der Waals surface area contributed by atoms with Crippen molar-refractivity contribution in [3.8, 4) is 0 Å². The highest BCUT2D eigenvalue weighted by Crippen LogP contribution is 2.14. The van der Waals surface area contributed by atoms with Crippen LogP contribution in [-0.4, -0.2) is 48.1 Å². The van der Waals surface area contributed by atoms with Gasteiger partial charge in [-0.3, -0.25) is 0 Å². The van der Waals surface area contributed by atoms with Gasteiger partial charge in [-0.15, -0.1) is 0 Å². The third kappa shape index (κ3) is 3.44.